The molecular formula is C14H18ClNO2. The third-order valence-electron chi connectivity index (χ3n) is 3.58. The molecule has 0 amide bonds. The summed E-state index contributed by atoms with van der Waals surface area (Å²) in [5.74, 6) is 0. The number of aliphatic hydroxyl groups is 1. The van der Waals surface area contributed by atoms with Crippen molar-refractivity contribution in [3.63, 3.8) is 0 Å². The van der Waals surface area contributed by atoms with Gasteiger partial charge in [0.25, 0.3) is 0 Å². The first kappa shape index (κ1) is 13.4. The minimum absolute atomic E-state index is 0.545. The Morgan fingerprint density at radius 1 is 1.44 bits per heavy atom. The number of carbonyl (C=O) groups excluding carboxylic acids is 1. The van der Waals surface area contributed by atoms with Gasteiger partial charge in [0.05, 0.1) is 16.3 Å². The van der Waals surface area contributed by atoms with E-state index in [1.807, 2.05) is 18.0 Å². The predicted molar refractivity (Wildman–Crippen MR) is 73.5 cm³/mol. The summed E-state index contributed by atoms with van der Waals surface area (Å²) >= 11 is 6.15. The van der Waals surface area contributed by atoms with E-state index in [1.165, 1.54) is 0 Å². The van der Waals surface area contributed by atoms with Crippen molar-refractivity contribution >= 4 is 23.6 Å². The summed E-state index contributed by atoms with van der Waals surface area (Å²) in [7, 11) is 1.91. The average molecular weight is 268 g/mol. The number of rotatable bonds is 4. The van der Waals surface area contributed by atoms with Crippen LogP contribution in [0.2, 0.25) is 5.02 Å². The number of hydrogen-bond acceptors (Lipinski definition) is 3. The molecule has 0 heterocycles. The van der Waals surface area contributed by atoms with Crippen molar-refractivity contribution in [3.05, 3.63) is 28.8 Å². The molecule has 4 heteroatoms. The van der Waals surface area contributed by atoms with E-state index >= 15 is 0 Å². The number of nitrogens with zero attached hydrogens (tertiary/aromatic N) is 1. The van der Waals surface area contributed by atoms with Crippen molar-refractivity contribution < 1.29 is 9.90 Å². The van der Waals surface area contributed by atoms with Crippen LogP contribution in [0.25, 0.3) is 0 Å². The van der Waals surface area contributed by atoms with E-state index in [0.29, 0.717) is 17.1 Å². The minimum Gasteiger partial charge on any atom is -0.388 e. The zero-order valence-electron chi connectivity index (χ0n) is 10.5. The van der Waals surface area contributed by atoms with E-state index in [-0.39, 0.29) is 0 Å². The number of carbonyl (C=O) groups is 1. The number of aldehydes is 1. The highest BCUT2D eigenvalue weighted by molar-refractivity contribution is 6.33. The molecule has 0 radical (unpaired) electrons. The first-order valence-corrected chi connectivity index (χ1v) is 6.60. The highest BCUT2D eigenvalue weighted by Crippen LogP contribution is 2.33. The van der Waals surface area contributed by atoms with Gasteiger partial charge in [-0.2, -0.15) is 0 Å². The van der Waals surface area contributed by atoms with E-state index in [2.05, 4.69) is 0 Å². The highest BCUT2D eigenvalue weighted by atomic mass is 35.5. The molecule has 18 heavy (non-hydrogen) atoms. The molecule has 1 N–H and O–H groups in total. The summed E-state index contributed by atoms with van der Waals surface area (Å²) in [4.78, 5) is 12.6. The molecule has 1 aromatic rings. The second kappa shape index (κ2) is 5.29. The van der Waals surface area contributed by atoms with Crippen molar-refractivity contribution in [2.75, 3.05) is 18.5 Å². The summed E-state index contributed by atoms with van der Waals surface area (Å²) in [6, 6.07) is 5.22. The summed E-state index contributed by atoms with van der Waals surface area (Å²) in [6.07, 6.45) is 4.65. The maximum atomic E-state index is 10.7. The van der Waals surface area contributed by atoms with Crippen LogP contribution in [0.3, 0.4) is 0 Å². The van der Waals surface area contributed by atoms with Gasteiger partial charge in [-0.25, -0.2) is 0 Å². The van der Waals surface area contributed by atoms with E-state index in [9.17, 15) is 9.90 Å². The molecule has 98 valence electrons. The zero-order valence-corrected chi connectivity index (χ0v) is 11.3. The van der Waals surface area contributed by atoms with Crippen molar-refractivity contribution in [1.82, 2.24) is 0 Å². The van der Waals surface area contributed by atoms with Gasteiger partial charge in [-0.05, 0) is 31.0 Å². The van der Waals surface area contributed by atoms with Gasteiger partial charge < -0.3 is 10.0 Å². The second-order valence-corrected chi connectivity index (χ2v) is 5.52. The first-order valence-electron chi connectivity index (χ1n) is 6.22. The van der Waals surface area contributed by atoms with Gasteiger partial charge in [0, 0.05) is 19.2 Å². The number of anilines is 1. The lowest BCUT2D eigenvalue weighted by molar-refractivity contribution is 0.0559. The SMILES string of the molecule is CN(CC1(O)CCCC1)c1ccc(C=O)cc1Cl. The van der Waals surface area contributed by atoms with Crippen molar-refractivity contribution in [1.29, 1.82) is 0 Å². The number of likely N-dealkylation sites (N-methyl/N-ethyl adjacent to an activating group) is 1. The van der Waals surface area contributed by atoms with Crippen molar-refractivity contribution in [2.24, 2.45) is 0 Å². The molecule has 3 nitrogen and oxygen atoms in total. The number of halogens is 1. The van der Waals surface area contributed by atoms with Crippen LogP contribution in [0.1, 0.15) is 36.0 Å². The Bertz CT molecular complexity index is 441. The quantitative estimate of drug-likeness (QED) is 0.853. The van der Waals surface area contributed by atoms with E-state index in [4.69, 9.17) is 11.6 Å². The van der Waals surface area contributed by atoms with Crippen LogP contribution in [-0.2, 0) is 0 Å². The molecule has 0 aromatic heterocycles. The van der Waals surface area contributed by atoms with E-state index in [1.54, 1.807) is 12.1 Å². The van der Waals surface area contributed by atoms with E-state index < -0.39 is 5.60 Å². The molecular weight excluding hydrogens is 250 g/mol. The Hall–Kier alpha value is -1.06. The summed E-state index contributed by atoms with van der Waals surface area (Å²) in [5.41, 5.74) is 0.820. The Balaban J connectivity index is 2.13. The molecule has 0 spiro atoms. The van der Waals surface area contributed by atoms with Crippen molar-refractivity contribution in [3.8, 4) is 0 Å². The smallest absolute Gasteiger partial charge is 0.150 e. The lowest BCUT2D eigenvalue weighted by Crippen LogP contribution is -2.39. The molecule has 1 aliphatic rings. The van der Waals surface area contributed by atoms with Crippen LogP contribution >= 0.6 is 11.6 Å². The average Bonchev–Trinajstić information content (AvgIpc) is 2.75. The summed E-state index contributed by atoms with van der Waals surface area (Å²) < 4.78 is 0. The third-order valence-corrected chi connectivity index (χ3v) is 3.89. The summed E-state index contributed by atoms with van der Waals surface area (Å²) in [6.45, 7) is 0.577. The maximum Gasteiger partial charge on any atom is 0.150 e. The van der Waals surface area contributed by atoms with Crippen LogP contribution in [0.4, 0.5) is 5.69 Å². The third kappa shape index (κ3) is 2.85. The topological polar surface area (TPSA) is 40.5 Å². The molecule has 0 aliphatic heterocycles. The van der Waals surface area contributed by atoms with Gasteiger partial charge in [-0.15, -0.1) is 0 Å². The lowest BCUT2D eigenvalue weighted by atomic mass is 10.0. The Morgan fingerprint density at radius 3 is 2.67 bits per heavy atom. The highest BCUT2D eigenvalue weighted by Gasteiger charge is 2.32. The Morgan fingerprint density at radius 2 is 2.11 bits per heavy atom. The zero-order chi connectivity index (χ0) is 13.2. The van der Waals surface area contributed by atoms with Gasteiger partial charge in [-0.1, -0.05) is 24.4 Å². The van der Waals surface area contributed by atoms with Crippen LogP contribution in [-0.4, -0.2) is 30.6 Å². The number of benzene rings is 1. The molecule has 0 saturated heterocycles. The van der Waals surface area contributed by atoms with Gasteiger partial charge in [0.15, 0.2) is 0 Å². The molecule has 0 unspecified atom stereocenters. The fourth-order valence-corrected chi connectivity index (χ4v) is 2.96. The monoisotopic (exact) mass is 267 g/mol. The molecule has 1 fully saturated rings. The van der Waals surface area contributed by atoms with Crippen LogP contribution < -0.4 is 4.90 Å². The van der Waals surface area contributed by atoms with Crippen molar-refractivity contribution in [2.45, 2.75) is 31.3 Å². The van der Waals surface area contributed by atoms with Gasteiger partial charge in [0.1, 0.15) is 6.29 Å². The standard InChI is InChI=1S/C14H18ClNO2/c1-16(10-14(18)6-2-3-7-14)13-5-4-11(9-17)8-12(13)15/h4-5,8-9,18H,2-3,6-7,10H2,1H3. The van der Waals surface area contributed by atoms with Crippen LogP contribution in [0.15, 0.2) is 18.2 Å². The maximum absolute atomic E-state index is 10.7. The molecule has 2 rings (SSSR count). The Labute approximate surface area is 112 Å². The molecule has 1 aromatic carbocycles. The minimum atomic E-state index is -0.596. The Kier molecular flexibility index (Phi) is 3.93. The first-order chi connectivity index (χ1) is 8.54. The van der Waals surface area contributed by atoms with Crippen LogP contribution in [0, 0.1) is 0 Å². The fourth-order valence-electron chi connectivity index (χ4n) is 2.62. The second-order valence-electron chi connectivity index (χ2n) is 5.12. The summed E-state index contributed by atoms with van der Waals surface area (Å²) in [5, 5.41) is 10.9. The van der Waals surface area contributed by atoms with Gasteiger partial charge in [0.2, 0.25) is 0 Å². The molecule has 1 saturated carbocycles. The molecule has 0 bridgehead atoms. The number of hydrogen-bond donors (Lipinski definition) is 1. The predicted octanol–water partition coefficient (Wildman–Crippen LogP) is 2.89. The normalized spacial score (nSPS) is 17.7. The molecule has 0 atom stereocenters. The fraction of sp³-hybridized carbons (Fsp3) is 0.500. The van der Waals surface area contributed by atoms with Crippen LogP contribution in [0.5, 0.6) is 0 Å². The largest absolute Gasteiger partial charge is 0.388 e. The lowest BCUT2D eigenvalue weighted by Gasteiger charge is -2.30. The molecule has 1 aliphatic carbocycles. The van der Waals surface area contributed by atoms with Gasteiger partial charge >= 0.3 is 0 Å². The van der Waals surface area contributed by atoms with Gasteiger partial charge in [-0.3, -0.25) is 4.79 Å². The van der Waals surface area contributed by atoms with E-state index in [0.717, 1.165) is 37.7 Å².